The third-order valence-electron chi connectivity index (χ3n) is 8.32. The number of aryl methyl sites for hydroxylation is 3. The van der Waals surface area contributed by atoms with E-state index in [0.29, 0.717) is 5.69 Å². The van der Waals surface area contributed by atoms with Gasteiger partial charge in [-0.15, -0.1) is 0 Å². The second-order valence-electron chi connectivity index (χ2n) is 10.9. The second-order valence-corrected chi connectivity index (χ2v) is 10.9. The lowest BCUT2D eigenvalue weighted by atomic mass is 9.94. The maximum absolute atomic E-state index is 7.84. The van der Waals surface area contributed by atoms with Gasteiger partial charge in [0.05, 0.1) is 12.1 Å². The molecule has 0 atom stereocenters. The molecule has 2 heterocycles. The first kappa shape index (κ1) is 23.5. The lowest BCUT2D eigenvalue weighted by molar-refractivity contribution is -0.666. The molecule has 1 aliphatic carbocycles. The lowest BCUT2D eigenvalue weighted by Crippen LogP contribution is -2.35. The van der Waals surface area contributed by atoms with Gasteiger partial charge in [-0.2, -0.15) is 4.57 Å². The highest BCUT2D eigenvalue weighted by molar-refractivity contribution is 6.15. The van der Waals surface area contributed by atoms with Crippen LogP contribution in [0.15, 0.2) is 65.1 Å². The minimum Gasteiger partial charge on any atom is -0.456 e. The third kappa shape index (κ3) is 4.02. The fourth-order valence-electron chi connectivity index (χ4n) is 6.18. The highest BCUT2D eigenvalue weighted by Crippen LogP contribution is 2.44. The number of furan rings is 1. The summed E-state index contributed by atoms with van der Waals surface area (Å²) in [6, 6.07) is 21.5. The Morgan fingerprint density at radius 2 is 1.54 bits per heavy atom. The van der Waals surface area contributed by atoms with Gasteiger partial charge in [0, 0.05) is 35.4 Å². The number of benzene rings is 3. The fourth-order valence-corrected chi connectivity index (χ4v) is 6.18. The number of fused-ring (bicyclic) bond motifs is 3. The Morgan fingerprint density at radius 3 is 2.24 bits per heavy atom. The van der Waals surface area contributed by atoms with Crippen LogP contribution in [0.4, 0.5) is 5.69 Å². The molecule has 1 fully saturated rings. The van der Waals surface area contributed by atoms with Gasteiger partial charge in [-0.05, 0) is 42.9 Å². The smallest absolute Gasteiger partial charge is 0.216 e. The van der Waals surface area contributed by atoms with E-state index in [1.54, 1.807) is 0 Å². The molecule has 0 unspecified atom stereocenters. The molecule has 0 amide bonds. The largest absolute Gasteiger partial charge is 0.456 e. The Hall–Kier alpha value is -3.90. The van der Waals surface area contributed by atoms with E-state index in [1.807, 2.05) is 12.1 Å². The molecule has 5 aromatic rings. The fraction of sp³-hybridized carbons (Fsp3) is 0.294. The van der Waals surface area contributed by atoms with Gasteiger partial charge in [-0.25, -0.2) is 4.85 Å². The molecule has 6 rings (SSSR count). The normalized spacial score (nSPS) is 14.0. The quantitative estimate of drug-likeness (QED) is 0.184. The zero-order chi connectivity index (χ0) is 25.7. The van der Waals surface area contributed by atoms with Gasteiger partial charge in [-0.1, -0.05) is 79.8 Å². The van der Waals surface area contributed by atoms with Gasteiger partial charge in [0.1, 0.15) is 18.2 Å². The van der Waals surface area contributed by atoms with Crippen molar-refractivity contribution in [3.8, 4) is 22.4 Å². The van der Waals surface area contributed by atoms with Crippen molar-refractivity contribution in [2.24, 2.45) is 13.0 Å². The van der Waals surface area contributed by atoms with E-state index >= 15 is 0 Å². The molecular formula is C34H33N2O+. The molecule has 0 saturated heterocycles. The van der Waals surface area contributed by atoms with Crippen LogP contribution in [0.1, 0.15) is 48.1 Å². The first-order chi connectivity index (χ1) is 17.9. The predicted molar refractivity (Wildman–Crippen MR) is 152 cm³/mol. The lowest BCUT2D eigenvalue weighted by Gasteiger charge is -2.12. The van der Waals surface area contributed by atoms with E-state index in [2.05, 4.69) is 85.8 Å². The minimum atomic E-state index is 0.619. The van der Waals surface area contributed by atoms with Crippen molar-refractivity contribution in [2.45, 2.75) is 52.9 Å². The highest BCUT2D eigenvalue weighted by Gasteiger charge is 2.25. The molecule has 3 heteroatoms. The summed E-state index contributed by atoms with van der Waals surface area (Å²) in [6.45, 7) is 14.3. The monoisotopic (exact) mass is 485 g/mol. The van der Waals surface area contributed by atoms with Gasteiger partial charge >= 0.3 is 0 Å². The zero-order valence-corrected chi connectivity index (χ0v) is 22.2. The molecule has 3 aromatic carbocycles. The van der Waals surface area contributed by atoms with E-state index in [0.717, 1.165) is 51.0 Å². The molecule has 3 nitrogen and oxygen atoms in total. The van der Waals surface area contributed by atoms with Gasteiger partial charge in [-0.3, -0.25) is 0 Å². The van der Waals surface area contributed by atoms with Crippen molar-refractivity contribution in [1.29, 1.82) is 0 Å². The molecule has 0 radical (unpaired) electrons. The summed E-state index contributed by atoms with van der Waals surface area (Å²) >= 11 is 0. The van der Waals surface area contributed by atoms with E-state index in [1.165, 1.54) is 53.8 Å². The van der Waals surface area contributed by atoms with Gasteiger partial charge in [0.15, 0.2) is 11.4 Å². The van der Waals surface area contributed by atoms with Crippen LogP contribution in [0.3, 0.4) is 0 Å². The number of hydrogen-bond acceptors (Lipinski definition) is 1. The van der Waals surface area contributed by atoms with Gasteiger partial charge in [0.2, 0.25) is 5.69 Å². The average Bonchev–Trinajstić information content (AvgIpc) is 3.54. The van der Waals surface area contributed by atoms with E-state index in [9.17, 15) is 0 Å². The summed E-state index contributed by atoms with van der Waals surface area (Å²) in [7, 11) is 2.15. The maximum Gasteiger partial charge on any atom is 0.216 e. The number of rotatable bonds is 4. The number of pyridine rings is 1. The Labute approximate surface area is 219 Å². The Morgan fingerprint density at radius 1 is 0.865 bits per heavy atom. The average molecular weight is 486 g/mol. The van der Waals surface area contributed by atoms with Crippen LogP contribution in [0.25, 0.3) is 49.2 Å². The number of nitrogens with zero attached hydrogens (tertiary/aromatic N) is 2. The molecular weight excluding hydrogens is 452 g/mol. The summed E-state index contributed by atoms with van der Waals surface area (Å²) in [6.07, 6.45) is 6.57. The molecule has 0 spiro atoms. The number of aromatic nitrogens is 1. The third-order valence-corrected chi connectivity index (χ3v) is 8.32. The van der Waals surface area contributed by atoms with Gasteiger partial charge in [0.25, 0.3) is 0 Å². The molecule has 184 valence electrons. The van der Waals surface area contributed by atoms with Crippen LogP contribution >= 0.6 is 0 Å². The Kier molecular flexibility index (Phi) is 5.84. The maximum atomic E-state index is 7.84. The molecule has 2 aromatic heterocycles. The highest BCUT2D eigenvalue weighted by atomic mass is 16.3. The van der Waals surface area contributed by atoms with Crippen molar-refractivity contribution in [2.75, 3.05) is 0 Å². The van der Waals surface area contributed by atoms with Crippen molar-refractivity contribution in [3.05, 3.63) is 94.5 Å². The van der Waals surface area contributed by atoms with Crippen LogP contribution in [-0.2, 0) is 13.5 Å². The topological polar surface area (TPSA) is 21.4 Å². The molecule has 37 heavy (non-hydrogen) atoms. The van der Waals surface area contributed by atoms with E-state index < -0.39 is 0 Å². The summed E-state index contributed by atoms with van der Waals surface area (Å²) < 4.78 is 9.08. The van der Waals surface area contributed by atoms with Crippen molar-refractivity contribution in [1.82, 2.24) is 0 Å². The van der Waals surface area contributed by atoms with Crippen molar-refractivity contribution >= 4 is 27.6 Å². The summed E-state index contributed by atoms with van der Waals surface area (Å²) in [4.78, 5) is 3.86. The number of hydrogen-bond donors (Lipinski definition) is 0. The van der Waals surface area contributed by atoms with Crippen LogP contribution < -0.4 is 4.57 Å². The first-order valence-electron chi connectivity index (χ1n) is 13.4. The molecule has 1 saturated carbocycles. The standard InChI is InChI=1S/C34H33N2O/c1-21-10-13-26(14-11-21)32-29(35-4)17-16-28-27-15-12-22(2)31(33(27)37-34(28)32)30-20-25(18-23(3)36(30)5)19-24-8-6-7-9-24/h10-18,20,24H,6-9,19H2,1-3,5H3/q+1. The van der Waals surface area contributed by atoms with E-state index in [-0.39, 0.29) is 0 Å². The summed E-state index contributed by atoms with van der Waals surface area (Å²) in [5, 5.41) is 2.15. The van der Waals surface area contributed by atoms with Crippen molar-refractivity contribution in [3.63, 3.8) is 0 Å². The zero-order valence-electron chi connectivity index (χ0n) is 22.2. The molecule has 0 bridgehead atoms. The summed E-state index contributed by atoms with van der Waals surface area (Å²) in [5.41, 5.74) is 11.6. The SMILES string of the molecule is [C-]#[N+]c1ccc2c(oc3c(-c4cc(CC5CCCC5)cc(C)[n+]4C)c(C)ccc32)c1-c1ccc(C)cc1. The molecule has 0 N–H and O–H groups in total. The molecule has 1 aliphatic rings. The molecule has 0 aliphatic heterocycles. The van der Waals surface area contributed by atoms with Crippen LogP contribution in [-0.4, -0.2) is 0 Å². The predicted octanol–water partition coefficient (Wildman–Crippen LogP) is 8.95. The van der Waals surface area contributed by atoms with E-state index in [4.69, 9.17) is 11.0 Å². The van der Waals surface area contributed by atoms with Crippen LogP contribution in [0.2, 0.25) is 0 Å². The van der Waals surface area contributed by atoms with Crippen LogP contribution in [0, 0.1) is 33.3 Å². The van der Waals surface area contributed by atoms with Gasteiger partial charge < -0.3 is 4.42 Å². The Bertz CT molecular complexity index is 1690. The minimum absolute atomic E-state index is 0.619. The summed E-state index contributed by atoms with van der Waals surface area (Å²) in [5.74, 6) is 0.798. The second kappa shape index (κ2) is 9.20. The van der Waals surface area contributed by atoms with Crippen LogP contribution in [0.5, 0.6) is 0 Å². The van der Waals surface area contributed by atoms with Crippen molar-refractivity contribution < 1.29 is 8.98 Å². The first-order valence-corrected chi connectivity index (χ1v) is 13.4. The Balaban J connectivity index is 1.61.